The van der Waals surface area contributed by atoms with Crippen LogP contribution in [-0.4, -0.2) is 16.3 Å². The summed E-state index contributed by atoms with van der Waals surface area (Å²) in [7, 11) is 0. The number of nitrogens with zero attached hydrogens (tertiary/aromatic N) is 2. The zero-order valence-corrected chi connectivity index (χ0v) is 12.4. The van der Waals surface area contributed by atoms with Crippen LogP contribution in [0.15, 0.2) is 41.0 Å². The number of anilines is 1. The number of benzene rings is 1. The van der Waals surface area contributed by atoms with Crippen molar-refractivity contribution in [1.82, 2.24) is 9.78 Å². The van der Waals surface area contributed by atoms with Crippen molar-refractivity contribution in [3.8, 4) is 17.1 Å². The van der Waals surface area contributed by atoms with E-state index < -0.39 is 0 Å². The van der Waals surface area contributed by atoms with Crippen LogP contribution < -0.4 is 5.32 Å². The van der Waals surface area contributed by atoms with Crippen molar-refractivity contribution >= 4 is 29.0 Å². The minimum absolute atomic E-state index is 0.583. The topological polar surface area (TPSA) is 43.0 Å². The van der Waals surface area contributed by atoms with Crippen LogP contribution in [-0.2, 0) is 6.42 Å². The molecule has 6 heteroatoms. The van der Waals surface area contributed by atoms with E-state index in [0.717, 1.165) is 41.5 Å². The molecule has 0 aliphatic carbocycles. The Morgan fingerprint density at radius 1 is 1.19 bits per heavy atom. The second-order valence-electron chi connectivity index (χ2n) is 4.87. The highest BCUT2D eigenvalue weighted by atomic mass is 35.5. The molecule has 0 atom stereocenters. The number of halogens is 2. The van der Waals surface area contributed by atoms with Crippen molar-refractivity contribution in [1.29, 1.82) is 0 Å². The molecular formula is C15H11Cl2N3O. The molecule has 1 aromatic carbocycles. The lowest BCUT2D eigenvalue weighted by atomic mass is 10.2. The summed E-state index contributed by atoms with van der Waals surface area (Å²) in [6.07, 6.45) is 2.57. The molecule has 106 valence electrons. The number of nitrogens with one attached hydrogen (secondary N) is 1. The summed E-state index contributed by atoms with van der Waals surface area (Å²) < 4.78 is 7.32. The van der Waals surface area contributed by atoms with Gasteiger partial charge < -0.3 is 9.73 Å². The van der Waals surface area contributed by atoms with Crippen LogP contribution in [0.5, 0.6) is 0 Å². The number of rotatable bonds is 2. The van der Waals surface area contributed by atoms with Crippen molar-refractivity contribution in [2.24, 2.45) is 0 Å². The Bertz CT molecular complexity index is 788. The molecule has 1 N–H and O–H groups in total. The van der Waals surface area contributed by atoms with Crippen LogP contribution in [0, 0.1) is 0 Å². The molecule has 0 saturated carbocycles. The van der Waals surface area contributed by atoms with Crippen LogP contribution in [0.4, 0.5) is 5.82 Å². The number of fused-ring (bicyclic) bond motifs is 1. The highest BCUT2D eigenvalue weighted by Gasteiger charge is 2.25. The van der Waals surface area contributed by atoms with E-state index in [1.807, 2.05) is 28.9 Å². The van der Waals surface area contributed by atoms with Crippen molar-refractivity contribution < 1.29 is 4.42 Å². The van der Waals surface area contributed by atoms with Gasteiger partial charge in [-0.2, -0.15) is 5.10 Å². The molecule has 1 aliphatic rings. The van der Waals surface area contributed by atoms with Crippen LogP contribution in [0.2, 0.25) is 10.0 Å². The second-order valence-corrected chi connectivity index (χ2v) is 5.74. The normalized spacial score (nSPS) is 13.2. The standard InChI is InChI=1S/C15H11Cl2N3O/c16-9-6-10(17)8-11(7-9)20-15-12(3-4-18-15)14(19-20)13-2-1-5-21-13/h1-2,5-8,18H,3-4H2. The van der Waals surface area contributed by atoms with Crippen molar-refractivity contribution in [2.45, 2.75) is 6.42 Å². The Balaban J connectivity index is 1.92. The lowest BCUT2D eigenvalue weighted by Crippen LogP contribution is -2.04. The SMILES string of the molecule is Clc1cc(Cl)cc(-n2nc(-c3ccco3)c3c2NCC3)c1. The van der Waals surface area contributed by atoms with Crippen LogP contribution in [0.1, 0.15) is 5.56 Å². The van der Waals surface area contributed by atoms with Crippen molar-refractivity contribution in [2.75, 3.05) is 11.9 Å². The Hall–Kier alpha value is -1.91. The predicted molar refractivity (Wildman–Crippen MR) is 83.5 cm³/mol. The average molecular weight is 320 g/mol. The number of furan rings is 1. The predicted octanol–water partition coefficient (Wildman–Crippen LogP) is 4.41. The lowest BCUT2D eigenvalue weighted by molar-refractivity contribution is 0.578. The molecule has 0 unspecified atom stereocenters. The van der Waals surface area contributed by atoms with Crippen molar-refractivity contribution in [3.63, 3.8) is 0 Å². The molecule has 0 bridgehead atoms. The summed E-state index contributed by atoms with van der Waals surface area (Å²) in [6, 6.07) is 9.16. The first kappa shape index (κ1) is 12.8. The first-order valence-electron chi connectivity index (χ1n) is 6.58. The van der Waals surface area contributed by atoms with Gasteiger partial charge in [-0.25, -0.2) is 4.68 Å². The second kappa shape index (κ2) is 4.83. The first-order chi connectivity index (χ1) is 10.2. The molecule has 0 saturated heterocycles. The van der Waals surface area contributed by atoms with Gasteiger partial charge in [0.2, 0.25) is 0 Å². The summed E-state index contributed by atoms with van der Waals surface area (Å²) in [5, 5.41) is 9.20. The third-order valence-corrected chi connectivity index (χ3v) is 3.93. The van der Waals surface area contributed by atoms with Gasteiger partial charge in [0.25, 0.3) is 0 Å². The molecule has 4 nitrogen and oxygen atoms in total. The van der Waals surface area contributed by atoms with E-state index in [1.54, 1.807) is 12.3 Å². The Morgan fingerprint density at radius 2 is 2.00 bits per heavy atom. The number of hydrogen-bond acceptors (Lipinski definition) is 3. The lowest BCUT2D eigenvalue weighted by Gasteiger charge is -2.07. The Kier molecular flexibility index (Phi) is 2.94. The fourth-order valence-corrected chi connectivity index (χ4v) is 3.15. The quantitative estimate of drug-likeness (QED) is 0.761. The summed E-state index contributed by atoms with van der Waals surface area (Å²) in [6.45, 7) is 0.884. The summed E-state index contributed by atoms with van der Waals surface area (Å²) in [5.41, 5.74) is 2.84. The molecular weight excluding hydrogens is 309 g/mol. The number of hydrogen-bond donors (Lipinski definition) is 1. The summed E-state index contributed by atoms with van der Waals surface area (Å²) >= 11 is 12.2. The van der Waals surface area contributed by atoms with Crippen LogP contribution in [0.25, 0.3) is 17.1 Å². The van der Waals surface area contributed by atoms with Gasteiger partial charge in [-0.05, 0) is 36.8 Å². The van der Waals surface area contributed by atoms with Gasteiger partial charge in [0.1, 0.15) is 11.5 Å². The molecule has 4 rings (SSSR count). The third kappa shape index (κ3) is 2.11. The van der Waals surface area contributed by atoms with E-state index in [9.17, 15) is 0 Å². The number of aromatic nitrogens is 2. The van der Waals surface area contributed by atoms with Gasteiger partial charge >= 0.3 is 0 Å². The first-order valence-corrected chi connectivity index (χ1v) is 7.34. The minimum atomic E-state index is 0.583. The fraction of sp³-hybridized carbons (Fsp3) is 0.133. The smallest absolute Gasteiger partial charge is 0.154 e. The molecule has 3 heterocycles. The van der Waals surface area contributed by atoms with Crippen LogP contribution >= 0.6 is 23.2 Å². The zero-order chi connectivity index (χ0) is 14.4. The van der Waals surface area contributed by atoms with E-state index >= 15 is 0 Å². The van der Waals surface area contributed by atoms with E-state index in [1.165, 1.54) is 0 Å². The minimum Gasteiger partial charge on any atom is -0.463 e. The van der Waals surface area contributed by atoms with E-state index in [0.29, 0.717) is 10.0 Å². The molecule has 2 aromatic heterocycles. The van der Waals surface area contributed by atoms with E-state index in [-0.39, 0.29) is 0 Å². The Labute approximate surface area is 131 Å². The molecule has 21 heavy (non-hydrogen) atoms. The maximum absolute atomic E-state index is 6.09. The molecule has 1 aliphatic heterocycles. The van der Waals surface area contributed by atoms with Gasteiger partial charge in [0, 0.05) is 22.2 Å². The fourth-order valence-electron chi connectivity index (χ4n) is 2.63. The molecule has 0 amide bonds. The highest BCUT2D eigenvalue weighted by Crippen LogP contribution is 2.35. The van der Waals surface area contributed by atoms with E-state index in [4.69, 9.17) is 27.6 Å². The monoisotopic (exact) mass is 319 g/mol. The molecule has 0 fully saturated rings. The highest BCUT2D eigenvalue weighted by molar-refractivity contribution is 6.34. The van der Waals surface area contributed by atoms with Gasteiger partial charge in [-0.15, -0.1) is 0 Å². The third-order valence-electron chi connectivity index (χ3n) is 3.50. The Morgan fingerprint density at radius 3 is 2.71 bits per heavy atom. The molecule has 0 spiro atoms. The van der Waals surface area contributed by atoms with Crippen molar-refractivity contribution in [3.05, 3.63) is 52.2 Å². The maximum Gasteiger partial charge on any atom is 0.154 e. The van der Waals surface area contributed by atoms with Gasteiger partial charge in [-0.1, -0.05) is 23.2 Å². The van der Waals surface area contributed by atoms with Crippen LogP contribution in [0.3, 0.4) is 0 Å². The largest absolute Gasteiger partial charge is 0.463 e. The zero-order valence-electron chi connectivity index (χ0n) is 10.9. The van der Waals surface area contributed by atoms with E-state index in [2.05, 4.69) is 10.4 Å². The summed E-state index contributed by atoms with van der Waals surface area (Å²) in [4.78, 5) is 0. The molecule has 0 radical (unpaired) electrons. The molecule has 3 aromatic rings. The van der Waals surface area contributed by atoms with Gasteiger partial charge in [-0.3, -0.25) is 0 Å². The maximum atomic E-state index is 6.09. The average Bonchev–Trinajstić information content (AvgIpc) is 3.14. The van der Waals surface area contributed by atoms with Gasteiger partial charge in [0.15, 0.2) is 5.76 Å². The summed E-state index contributed by atoms with van der Waals surface area (Å²) in [5.74, 6) is 1.74. The van der Waals surface area contributed by atoms with Gasteiger partial charge in [0.05, 0.1) is 12.0 Å².